The fraction of sp³-hybridized carbons (Fsp3) is 0.542. The highest BCUT2D eigenvalue weighted by molar-refractivity contribution is 7.99. The molecule has 0 unspecified atom stereocenters. The zero-order valence-corrected chi connectivity index (χ0v) is 20.0. The first-order chi connectivity index (χ1) is 16.1. The van der Waals surface area contributed by atoms with Gasteiger partial charge >= 0.3 is 5.69 Å². The molecule has 2 heterocycles. The van der Waals surface area contributed by atoms with E-state index < -0.39 is 0 Å². The number of ether oxygens (including phenoxy) is 2. The summed E-state index contributed by atoms with van der Waals surface area (Å²) < 4.78 is 12.5. The Morgan fingerprint density at radius 1 is 1.24 bits per heavy atom. The maximum Gasteiger partial charge on any atom is 0.348 e. The Morgan fingerprint density at radius 3 is 2.91 bits per heavy atom. The predicted octanol–water partition coefficient (Wildman–Crippen LogP) is 1.87. The van der Waals surface area contributed by atoms with Gasteiger partial charge in [0.25, 0.3) is 0 Å². The molecule has 0 saturated carbocycles. The van der Waals surface area contributed by atoms with E-state index in [1.54, 1.807) is 7.11 Å². The molecule has 1 aliphatic heterocycles. The second kappa shape index (κ2) is 11.7. The molecule has 1 aromatic heterocycles. The molecule has 33 heavy (non-hydrogen) atoms. The highest BCUT2D eigenvalue weighted by atomic mass is 32.2. The minimum Gasteiger partial charge on any atom is -0.497 e. The average molecular weight is 473 g/mol. The largest absolute Gasteiger partial charge is 0.497 e. The molecule has 0 bridgehead atoms. The highest BCUT2D eigenvalue weighted by Crippen LogP contribution is 2.29. The smallest absolute Gasteiger partial charge is 0.348 e. The van der Waals surface area contributed by atoms with Crippen LogP contribution in [-0.2, 0) is 35.5 Å². The molecule has 0 atom stereocenters. The number of benzene rings is 1. The normalized spacial score (nSPS) is 15.9. The number of rotatable bonds is 10. The second-order valence-corrected chi connectivity index (χ2v) is 9.32. The molecule has 2 aliphatic rings. The van der Waals surface area contributed by atoms with Gasteiger partial charge in [0.05, 0.1) is 26.1 Å². The molecule has 9 heteroatoms. The number of hydrogen-bond acceptors (Lipinski definition) is 7. The molecule has 8 nitrogen and oxygen atoms in total. The van der Waals surface area contributed by atoms with Gasteiger partial charge in [0.2, 0.25) is 5.91 Å². The maximum atomic E-state index is 12.8. The molecular formula is C24H32N4O4S. The van der Waals surface area contributed by atoms with E-state index in [0.29, 0.717) is 18.1 Å². The van der Waals surface area contributed by atoms with E-state index in [2.05, 4.69) is 15.2 Å². The highest BCUT2D eigenvalue weighted by Gasteiger charge is 2.22. The van der Waals surface area contributed by atoms with Crippen molar-refractivity contribution < 1.29 is 14.3 Å². The van der Waals surface area contributed by atoms with Crippen LogP contribution in [0.2, 0.25) is 0 Å². The van der Waals surface area contributed by atoms with Crippen molar-refractivity contribution in [3.8, 4) is 5.75 Å². The van der Waals surface area contributed by atoms with Gasteiger partial charge in [-0.25, -0.2) is 4.79 Å². The first-order valence-corrected chi connectivity index (χ1v) is 12.6. The summed E-state index contributed by atoms with van der Waals surface area (Å²) >= 11 is 1.36. The Hall–Kier alpha value is -2.36. The maximum absolute atomic E-state index is 12.8. The van der Waals surface area contributed by atoms with Crippen molar-refractivity contribution in [2.45, 2.75) is 43.8 Å². The standard InChI is InChI=1S/C24H32N4O4S/c1-31-19-6-2-5-18(15-19)16-25-22(29)17-33-23-20-7-3-8-21(20)28(24(30)26-23)10-4-9-27-11-13-32-14-12-27/h2,5-6,15H,3-4,7-14,16-17H2,1H3,(H,25,29). The number of nitrogens with zero attached hydrogens (tertiary/aromatic N) is 3. The predicted molar refractivity (Wildman–Crippen MR) is 128 cm³/mol. The zero-order valence-electron chi connectivity index (χ0n) is 19.2. The van der Waals surface area contributed by atoms with Gasteiger partial charge in [0.15, 0.2) is 0 Å². The van der Waals surface area contributed by atoms with Crippen LogP contribution < -0.4 is 15.7 Å². The van der Waals surface area contributed by atoms with Gasteiger partial charge < -0.3 is 14.8 Å². The molecule has 1 aromatic carbocycles. The van der Waals surface area contributed by atoms with Crippen molar-refractivity contribution in [3.63, 3.8) is 0 Å². The molecule has 2 aromatic rings. The number of carbonyl (C=O) groups is 1. The summed E-state index contributed by atoms with van der Waals surface area (Å²) in [6, 6.07) is 7.63. The number of fused-ring (bicyclic) bond motifs is 1. The van der Waals surface area contributed by atoms with Crippen LogP contribution in [0.15, 0.2) is 34.1 Å². The van der Waals surface area contributed by atoms with Gasteiger partial charge in [-0.05, 0) is 43.4 Å². The Bertz CT molecular complexity index is 1020. The number of methoxy groups -OCH3 is 1. The summed E-state index contributed by atoms with van der Waals surface area (Å²) in [6.45, 7) is 5.59. The molecule has 1 fully saturated rings. The van der Waals surface area contributed by atoms with Crippen LogP contribution >= 0.6 is 11.8 Å². The van der Waals surface area contributed by atoms with Crippen LogP contribution in [0.5, 0.6) is 5.75 Å². The van der Waals surface area contributed by atoms with Crippen LogP contribution in [0.4, 0.5) is 0 Å². The molecule has 1 aliphatic carbocycles. The van der Waals surface area contributed by atoms with Gasteiger partial charge in [0, 0.05) is 44.0 Å². The average Bonchev–Trinajstić information content (AvgIpc) is 3.34. The lowest BCUT2D eigenvalue weighted by atomic mass is 10.2. The zero-order chi connectivity index (χ0) is 23.0. The number of nitrogens with one attached hydrogen (secondary N) is 1. The minimum atomic E-state index is -0.197. The summed E-state index contributed by atoms with van der Waals surface area (Å²) in [5.41, 5.74) is 3.03. The van der Waals surface area contributed by atoms with E-state index in [4.69, 9.17) is 9.47 Å². The SMILES string of the molecule is COc1cccc(CNC(=O)CSc2nc(=O)n(CCCN3CCOCC3)c3c2CCC3)c1. The Labute approximate surface area is 198 Å². The Balaban J connectivity index is 1.32. The quantitative estimate of drug-likeness (QED) is 0.417. The fourth-order valence-electron chi connectivity index (χ4n) is 4.38. The van der Waals surface area contributed by atoms with Crippen LogP contribution in [0, 0.1) is 0 Å². The summed E-state index contributed by atoms with van der Waals surface area (Å²) in [4.78, 5) is 31.9. The number of hydrogen-bond donors (Lipinski definition) is 1. The van der Waals surface area contributed by atoms with E-state index in [1.165, 1.54) is 11.8 Å². The number of morpholine rings is 1. The third-order valence-corrected chi connectivity index (χ3v) is 7.14. The number of carbonyl (C=O) groups excluding carboxylic acids is 1. The molecule has 4 rings (SSSR count). The van der Waals surface area contributed by atoms with E-state index in [1.807, 2.05) is 28.8 Å². The van der Waals surface area contributed by atoms with Crippen LogP contribution in [0.3, 0.4) is 0 Å². The summed E-state index contributed by atoms with van der Waals surface area (Å²) in [6.07, 6.45) is 3.77. The topological polar surface area (TPSA) is 85.7 Å². The minimum absolute atomic E-state index is 0.0777. The van der Waals surface area contributed by atoms with E-state index in [9.17, 15) is 9.59 Å². The van der Waals surface area contributed by atoms with E-state index in [0.717, 1.165) is 81.1 Å². The molecule has 0 spiro atoms. The summed E-state index contributed by atoms with van der Waals surface area (Å²) in [5, 5.41) is 3.65. The number of amides is 1. The number of thioether (sulfide) groups is 1. The Morgan fingerprint density at radius 2 is 2.09 bits per heavy atom. The first-order valence-electron chi connectivity index (χ1n) is 11.6. The molecular weight excluding hydrogens is 440 g/mol. The van der Waals surface area contributed by atoms with Crippen molar-refractivity contribution in [1.82, 2.24) is 19.8 Å². The number of aromatic nitrogens is 2. The summed E-state index contributed by atoms with van der Waals surface area (Å²) in [7, 11) is 1.62. The lowest BCUT2D eigenvalue weighted by molar-refractivity contribution is -0.118. The van der Waals surface area contributed by atoms with Gasteiger partial charge in [-0.2, -0.15) is 4.98 Å². The van der Waals surface area contributed by atoms with Crippen LogP contribution in [0.25, 0.3) is 0 Å². The van der Waals surface area contributed by atoms with Gasteiger partial charge in [-0.3, -0.25) is 14.3 Å². The fourth-order valence-corrected chi connectivity index (χ4v) is 5.29. The Kier molecular flexibility index (Phi) is 8.41. The van der Waals surface area contributed by atoms with Crippen molar-refractivity contribution in [2.75, 3.05) is 45.7 Å². The third-order valence-electron chi connectivity index (χ3n) is 6.12. The van der Waals surface area contributed by atoms with Crippen LogP contribution in [0.1, 0.15) is 29.7 Å². The molecule has 1 saturated heterocycles. The van der Waals surface area contributed by atoms with E-state index >= 15 is 0 Å². The van der Waals surface area contributed by atoms with Crippen molar-refractivity contribution in [3.05, 3.63) is 51.6 Å². The lowest BCUT2D eigenvalue weighted by Crippen LogP contribution is -2.37. The first kappa shape index (κ1) is 23.8. The molecule has 0 radical (unpaired) electrons. The van der Waals surface area contributed by atoms with Gasteiger partial charge in [-0.15, -0.1) is 0 Å². The molecule has 178 valence electrons. The lowest BCUT2D eigenvalue weighted by Gasteiger charge is -2.26. The second-order valence-electron chi connectivity index (χ2n) is 8.35. The summed E-state index contributed by atoms with van der Waals surface area (Å²) in [5.74, 6) is 0.927. The molecule has 1 N–H and O–H groups in total. The van der Waals surface area contributed by atoms with Gasteiger partial charge in [0.1, 0.15) is 10.8 Å². The monoisotopic (exact) mass is 472 g/mol. The molecule has 1 amide bonds. The van der Waals surface area contributed by atoms with Crippen LogP contribution in [-0.4, -0.2) is 66.1 Å². The van der Waals surface area contributed by atoms with Crippen molar-refractivity contribution in [1.29, 1.82) is 0 Å². The van der Waals surface area contributed by atoms with Crippen molar-refractivity contribution >= 4 is 17.7 Å². The van der Waals surface area contributed by atoms with E-state index in [-0.39, 0.29) is 17.3 Å². The van der Waals surface area contributed by atoms with Crippen molar-refractivity contribution in [2.24, 2.45) is 0 Å². The van der Waals surface area contributed by atoms with Gasteiger partial charge in [-0.1, -0.05) is 23.9 Å². The third kappa shape index (κ3) is 6.37.